The van der Waals surface area contributed by atoms with E-state index in [4.69, 9.17) is 11.5 Å². The Hall–Kier alpha value is -0.810. The van der Waals surface area contributed by atoms with E-state index < -0.39 is 11.9 Å². The average Bonchev–Trinajstić information content (AvgIpc) is 2.46. The van der Waals surface area contributed by atoms with Crippen LogP contribution in [0.1, 0.15) is 34.1 Å². The summed E-state index contributed by atoms with van der Waals surface area (Å²) in [6, 6.07) is -0.740. The van der Waals surface area contributed by atoms with Crippen molar-refractivity contribution in [1.29, 1.82) is 0 Å². The van der Waals surface area contributed by atoms with Crippen LogP contribution in [0.3, 0.4) is 0 Å². The van der Waals surface area contributed by atoms with E-state index in [1.807, 2.05) is 0 Å². The molecule has 0 bridgehead atoms. The van der Waals surface area contributed by atoms with E-state index in [-0.39, 0.29) is 41.6 Å². The summed E-state index contributed by atoms with van der Waals surface area (Å²) >= 11 is 0. The summed E-state index contributed by atoms with van der Waals surface area (Å²) in [5, 5.41) is 2.87. The molecule has 1 atom stereocenters. The molecule has 1 fully saturated rings. The SMILES string of the molecule is CC1(C)C(NC(=O)C(N)CC(N)=O)C1(C)C.Cl. The predicted octanol–water partition coefficient (Wildman–Crippen LogP) is 0.162. The maximum atomic E-state index is 11.7. The molecule has 5 N–H and O–H groups in total. The van der Waals surface area contributed by atoms with E-state index >= 15 is 0 Å². The van der Waals surface area contributed by atoms with Gasteiger partial charge in [-0.05, 0) is 10.8 Å². The first-order valence-electron chi connectivity index (χ1n) is 5.45. The topological polar surface area (TPSA) is 98.2 Å². The molecule has 2 amide bonds. The Kier molecular flexibility index (Phi) is 4.59. The average molecular weight is 264 g/mol. The highest BCUT2D eigenvalue weighted by molar-refractivity contribution is 5.88. The molecule has 5 nitrogen and oxygen atoms in total. The highest BCUT2D eigenvalue weighted by atomic mass is 35.5. The van der Waals surface area contributed by atoms with Crippen molar-refractivity contribution in [3.8, 4) is 0 Å². The Morgan fingerprint density at radius 1 is 1.24 bits per heavy atom. The fourth-order valence-electron chi connectivity index (χ4n) is 2.12. The molecule has 6 heteroatoms. The van der Waals surface area contributed by atoms with E-state index in [9.17, 15) is 9.59 Å². The van der Waals surface area contributed by atoms with Crippen LogP contribution >= 0.6 is 12.4 Å². The van der Waals surface area contributed by atoms with Gasteiger partial charge in [-0.1, -0.05) is 27.7 Å². The Labute approximate surface area is 108 Å². The molecule has 0 heterocycles. The maximum absolute atomic E-state index is 11.7. The van der Waals surface area contributed by atoms with Crippen molar-refractivity contribution in [1.82, 2.24) is 5.32 Å². The number of nitrogens with two attached hydrogens (primary N) is 2. The summed E-state index contributed by atoms with van der Waals surface area (Å²) in [6.45, 7) is 8.38. The Morgan fingerprint density at radius 3 is 1.94 bits per heavy atom. The number of rotatable bonds is 4. The van der Waals surface area contributed by atoms with Crippen molar-refractivity contribution in [2.24, 2.45) is 22.3 Å². The van der Waals surface area contributed by atoms with Crippen molar-refractivity contribution in [3.05, 3.63) is 0 Å². The first kappa shape index (κ1) is 16.2. The van der Waals surface area contributed by atoms with Crippen LogP contribution in [0, 0.1) is 10.8 Å². The van der Waals surface area contributed by atoms with Crippen molar-refractivity contribution in [3.63, 3.8) is 0 Å². The highest BCUT2D eigenvalue weighted by Gasteiger charge is 2.65. The lowest BCUT2D eigenvalue weighted by Crippen LogP contribution is -2.45. The molecule has 1 aliphatic rings. The Morgan fingerprint density at radius 2 is 1.65 bits per heavy atom. The zero-order chi connectivity index (χ0) is 12.7. The predicted molar refractivity (Wildman–Crippen MR) is 68.5 cm³/mol. The fourth-order valence-corrected chi connectivity index (χ4v) is 2.12. The standard InChI is InChI=1S/C11H21N3O2.ClH/c1-10(2)9(11(10,3)4)14-8(16)6(12)5-7(13)15;/h6,9H,5,12H2,1-4H3,(H2,13,15)(H,14,16);1H. The minimum Gasteiger partial charge on any atom is -0.370 e. The van der Waals surface area contributed by atoms with Crippen LogP contribution in [0.15, 0.2) is 0 Å². The Balaban J connectivity index is 0.00000256. The van der Waals surface area contributed by atoms with Crippen LogP contribution in [0.4, 0.5) is 0 Å². The Bertz CT molecular complexity index is 315. The molecule has 100 valence electrons. The summed E-state index contributed by atoms with van der Waals surface area (Å²) < 4.78 is 0. The smallest absolute Gasteiger partial charge is 0.237 e. The van der Waals surface area contributed by atoms with Gasteiger partial charge in [0.25, 0.3) is 0 Å². The second-order valence-electron chi connectivity index (χ2n) is 5.66. The summed E-state index contributed by atoms with van der Waals surface area (Å²) in [5.41, 5.74) is 10.7. The minimum atomic E-state index is -0.843. The van der Waals surface area contributed by atoms with Crippen molar-refractivity contribution in [2.45, 2.75) is 46.2 Å². The number of nitrogens with one attached hydrogen (secondary N) is 1. The number of carbonyl (C=O) groups is 2. The monoisotopic (exact) mass is 263 g/mol. The highest BCUT2D eigenvalue weighted by Crippen LogP contribution is 2.62. The van der Waals surface area contributed by atoms with Crippen LogP contribution in [-0.4, -0.2) is 23.9 Å². The maximum Gasteiger partial charge on any atom is 0.237 e. The molecule has 17 heavy (non-hydrogen) atoms. The van der Waals surface area contributed by atoms with Crippen molar-refractivity contribution < 1.29 is 9.59 Å². The third-order valence-electron chi connectivity index (χ3n) is 4.07. The molecular weight excluding hydrogens is 242 g/mol. The van der Waals surface area contributed by atoms with Gasteiger partial charge in [0.1, 0.15) is 0 Å². The molecule has 0 radical (unpaired) electrons. The number of primary amides is 1. The first-order valence-corrected chi connectivity index (χ1v) is 5.45. The first-order chi connectivity index (χ1) is 7.10. The summed E-state index contributed by atoms with van der Waals surface area (Å²) in [4.78, 5) is 22.3. The summed E-state index contributed by atoms with van der Waals surface area (Å²) in [7, 11) is 0. The number of halogens is 1. The van der Waals surface area contributed by atoms with Crippen LogP contribution in [0.5, 0.6) is 0 Å². The van der Waals surface area contributed by atoms with Gasteiger partial charge < -0.3 is 16.8 Å². The molecule has 0 aromatic heterocycles. The normalized spacial score (nSPS) is 22.2. The molecule has 0 aliphatic heterocycles. The molecule has 0 aromatic rings. The van der Waals surface area contributed by atoms with Gasteiger partial charge in [0, 0.05) is 6.04 Å². The second kappa shape index (κ2) is 4.82. The quantitative estimate of drug-likeness (QED) is 0.674. The van der Waals surface area contributed by atoms with Gasteiger partial charge in [0.05, 0.1) is 12.5 Å². The zero-order valence-corrected chi connectivity index (χ0v) is 11.6. The van der Waals surface area contributed by atoms with Crippen molar-refractivity contribution >= 4 is 24.2 Å². The summed E-state index contributed by atoms with van der Waals surface area (Å²) in [5.74, 6) is -0.862. The lowest BCUT2D eigenvalue weighted by Gasteiger charge is -2.11. The molecule has 0 aromatic carbocycles. The minimum absolute atomic E-state index is 0. The van der Waals surface area contributed by atoms with Crippen LogP contribution < -0.4 is 16.8 Å². The third-order valence-corrected chi connectivity index (χ3v) is 4.07. The van der Waals surface area contributed by atoms with E-state index in [0.717, 1.165) is 0 Å². The van der Waals surface area contributed by atoms with E-state index in [1.165, 1.54) is 0 Å². The van der Waals surface area contributed by atoms with Gasteiger partial charge in [0.15, 0.2) is 0 Å². The second-order valence-corrected chi connectivity index (χ2v) is 5.66. The van der Waals surface area contributed by atoms with E-state index in [0.29, 0.717) is 0 Å². The third kappa shape index (κ3) is 2.90. The van der Waals surface area contributed by atoms with Gasteiger partial charge in [-0.2, -0.15) is 0 Å². The molecule has 1 unspecified atom stereocenters. The van der Waals surface area contributed by atoms with Crippen molar-refractivity contribution in [2.75, 3.05) is 0 Å². The van der Waals surface area contributed by atoms with Gasteiger partial charge in [-0.25, -0.2) is 0 Å². The number of amides is 2. The van der Waals surface area contributed by atoms with Gasteiger partial charge in [0.2, 0.25) is 11.8 Å². The van der Waals surface area contributed by atoms with E-state index in [1.54, 1.807) is 0 Å². The lowest BCUT2D eigenvalue weighted by molar-refractivity contribution is -0.126. The van der Waals surface area contributed by atoms with Gasteiger partial charge in [-0.15, -0.1) is 12.4 Å². The lowest BCUT2D eigenvalue weighted by atomic mass is 10.0. The fraction of sp³-hybridized carbons (Fsp3) is 0.818. The van der Waals surface area contributed by atoms with Gasteiger partial charge >= 0.3 is 0 Å². The molecule has 0 spiro atoms. The number of hydrogen-bond acceptors (Lipinski definition) is 3. The number of hydrogen-bond donors (Lipinski definition) is 3. The molecule has 1 saturated carbocycles. The zero-order valence-electron chi connectivity index (χ0n) is 10.7. The van der Waals surface area contributed by atoms with Gasteiger partial charge in [-0.3, -0.25) is 9.59 Å². The van der Waals surface area contributed by atoms with Crippen LogP contribution in [-0.2, 0) is 9.59 Å². The summed E-state index contributed by atoms with van der Waals surface area (Å²) in [6.07, 6.45) is -0.112. The molecule has 1 rings (SSSR count). The molecule has 0 saturated heterocycles. The molecule has 1 aliphatic carbocycles. The van der Waals surface area contributed by atoms with Crippen LogP contribution in [0.2, 0.25) is 0 Å². The largest absolute Gasteiger partial charge is 0.370 e. The van der Waals surface area contributed by atoms with Crippen LogP contribution in [0.25, 0.3) is 0 Å². The van der Waals surface area contributed by atoms with E-state index in [2.05, 4.69) is 33.0 Å². The molecular formula is C11H22ClN3O2. The number of carbonyl (C=O) groups excluding carboxylic acids is 2.